The predicted molar refractivity (Wildman–Crippen MR) is 77.8 cm³/mol. The second-order valence-corrected chi connectivity index (χ2v) is 5.31. The standard InChI is InChI=1S/C15H22N2O4/c1-9-12(15(19)20-4)10(2)16-13(9)14(18)11(3)17-5-7-21-8-6-17/h11,16H,5-8H2,1-4H3/t11-/m0/s1. The molecule has 1 saturated heterocycles. The van der Waals surface area contributed by atoms with Crippen LogP contribution >= 0.6 is 0 Å². The summed E-state index contributed by atoms with van der Waals surface area (Å²) < 4.78 is 10.1. The Labute approximate surface area is 124 Å². The Morgan fingerprint density at radius 1 is 1.29 bits per heavy atom. The van der Waals surface area contributed by atoms with E-state index < -0.39 is 5.97 Å². The van der Waals surface area contributed by atoms with Gasteiger partial charge in [-0.1, -0.05) is 0 Å². The molecule has 1 atom stereocenters. The van der Waals surface area contributed by atoms with Crippen molar-refractivity contribution in [1.82, 2.24) is 9.88 Å². The minimum Gasteiger partial charge on any atom is -0.465 e. The van der Waals surface area contributed by atoms with Crippen molar-refractivity contribution in [2.75, 3.05) is 33.4 Å². The Morgan fingerprint density at radius 2 is 1.90 bits per heavy atom. The lowest BCUT2D eigenvalue weighted by Crippen LogP contribution is -2.46. The predicted octanol–water partition coefficient (Wildman–Crippen LogP) is 1.32. The molecule has 2 heterocycles. The zero-order valence-electron chi connectivity index (χ0n) is 13.0. The largest absolute Gasteiger partial charge is 0.465 e. The van der Waals surface area contributed by atoms with E-state index in [4.69, 9.17) is 9.47 Å². The summed E-state index contributed by atoms with van der Waals surface area (Å²) in [5.74, 6) is -0.424. The van der Waals surface area contributed by atoms with Crippen LogP contribution in [0, 0.1) is 13.8 Å². The molecular formula is C15H22N2O4. The quantitative estimate of drug-likeness (QED) is 0.670. The first-order valence-corrected chi connectivity index (χ1v) is 7.10. The fourth-order valence-corrected chi connectivity index (χ4v) is 2.74. The number of hydrogen-bond acceptors (Lipinski definition) is 5. The third kappa shape index (κ3) is 3.01. The molecule has 0 aliphatic carbocycles. The molecule has 0 amide bonds. The summed E-state index contributed by atoms with van der Waals surface area (Å²) in [7, 11) is 1.34. The van der Waals surface area contributed by atoms with Crippen LogP contribution in [-0.2, 0) is 9.47 Å². The smallest absolute Gasteiger partial charge is 0.339 e. The van der Waals surface area contributed by atoms with Gasteiger partial charge < -0.3 is 14.5 Å². The van der Waals surface area contributed by atoms with Crippen molar-refractivity contribution in [2.24, 2.45) is 0 Å². The number of methoxy groups -OCH3 is 1. The number of carbonyl (C=O) groups is 2. The Bertz CT molecular complexity index is 544. The molecule has 1 N–H and O–H groups in total. The lowest BCUT2D eigenvalue weighted by molar-refractivity contribution is 0.0207. The maximum absolute atomic E-state index is 12.7. The number of Topliss-reactive ketones (excluding diaryl/α,β-unsaturated/α-hetero) is 1. The molecule has 1 aromatic rings. The van der Waals surface area contributed by atoms with Crippen LogP contribution in [0.3, 0.4) is 0 Å². The molecule has 0 saturated carbocycles. The molecule has 1 aromatic heterocycles. The summed E-state index contributed by atoms with van der Waals surface area (Å²) >= 11 is 0. The lowest BCUT2D eigenvalue weighted by atomic mass is 10.0. The Hall–Kier alpha value is -1.66. The average Bonchev–Trinajstić information content (AvgIpc) is 2.80. The lowest BCUT2D eigenvalue weighted by Gasteiger charge is -2.31. The summed E-state index contributed by atoms with van der Waals surface area (Å²) in [4.78, 5) is 29.6. The third-order valence-corrected chi connectivity index (χ3v) is 4.05. The van der Waals surface area contributed by atoms with Crippen LogP contribution in [0.2, 0.25) is 0 Å². The van der Waals surface area contributed by atoms with Gasteiger partial charge in [0.05, 0.1) is 37.6 Å². The van der Waals surface area contributed by atoms with Gasteiger partial charge in [0.2, 0.25) is 0 Å². The van der Waals surface area contributed by atoms with Crippen molar-refractivity contribution in [2.45, 2.75) is 26.8 Å². The van der Waals surface area contributed by atoms with E-state index in [1.165, 1.54) is 7.11 Å². The highest BCUT2D eigenvalue weighted by atomic mass is 16.5. The van der Waals surface area contributed by atoms with E-state index in [9.17, 15) is 9.59 Å². The SMILES string of the molecule is COC(=O)c1c(C)[nH]c(C(=O)[C@H](C)N2CCOCC2)c1C. The summed E-state index contributed by atoms with van der Waals surface area (Å²) in [6.07, 6.45) is 0. The molecule has 1 aliphatic heterocycles. The monoisotopic (exact) mass is 294 g/mol. The van der Waals surface area contributed by atoms with E-state index >= 15 is 0 Å². The van der Waals surface area contributed by atoms with Gasteiger partial charge >= 0.3 is 5.97 Å². The van der Waals surface area contributed by atoms with Crippen molar-refractivity contribution < 1.29 is 19.1 Å². The molecule has 0 unspecified atom stereocenters. The van der Waals surface area contributed by atoms with E-state index in [-0.39, 0.29) is 11.8 Å². The second kappa shape index (κ2) is 6.41. The first-order chi connectivity index (χ1) is 9.97. The number of morpholine rings is 1. The maximum Gasteiger partial charge on any atom is 0.339 e. The molecular weight excluding hydrogens is 272 g/mol. The highest BCUT2D eigenvalue weighted by molar-refractivity contribution is 6.03. The van der Waals surface area contributed by atoms with Crippen LogP contribution in [0.4, 0.5) is 0 Å². The summed E-state index contributed by atoms with van der Waals surface area (Å²) in [5, 5.41) is 0. The second-order valence-electron chi connectivity index (χ2n) is 5.31. The molecule has 6 nitrogen and oxygen atoms in total. The molecule has 1 aliphatic rings. The number of rotatable bonds is 4. The zero-order chi connectivity index (χ0) is 15.6. The van der Waals surface area contributed by atoms with E-state index in [1.54, 1.807) is 13.8 Å². The van der Waals surface area contributed by atoms with Gasteiger partial charge in [0.1, 0.15) is 0 Å². The Balaban J connectivity index is 2.25. The number of aromatic amines is 1. The van der Waals surface area contributed by atoms with Crippen LogP contribution in [0.25, 0.3) is 0 Å². The zero-order valence-corrected chi connectivity index (χ0v) is 13.0. The third-order valence-electron chi connectivity index (χ3n) is 4.05. The van der Waals surface area contributed by atoms with Gasteiger partial charge in [-0.25, -0.2) is 4.79 Å². The van der Waals surface area contributed by atoms with Crippen LogP contribution in [-0.4, -0.2) is 61.1 Å². The molecule has 21 heavy (non-hydrogen) atoms. The van der Waals surface area contributed by atoms with Crippen molar-refractivity contribution in [3.05, 3.63) is 22.5 Å². The highest BCUT2D eigenvalue weighted by Gasteiger charge is 2.29. The van der Waals surface area contributed by atoms with E-state index in [0.29, 0.717) is 35.7 Å². The summed E-state index contributed by atoms with van der Waals surface area (Å²) in [6.45, 7) is 8.22. The molecule has 0 spiro atoms. The molecule has 0 bridgehead atoms. The molecule has 6 heteroatoms. The Morgan fingerprint density at radius 3 is 2.48 bits per heavy atom. The van der Waals surface area contributed by atoms with Crippen molar-refractivity contribution in [3.8, 4) is 0 Å². The number of aromatic nitrogens is 1. The molecule has 0 radical (unpaired) electrons. The minimum atomic E-state index is -0.417. The van der Waals surface area contributed by atoms with E-state index in [2.05, 4.69) is 9.88 Å². The van der Waals surface area contributed by atoms with E-state index in [0.717, 1.165) is 13.1 Å². The van der Waals surface area contributed by atoms with Gasteiger partial charge in [-0.2, -0.15) is 0 Å². The number of nitrogens with zero attached hydrogens (tertiary/aromatic N) is 1. The first-order valence-electron chi connectivity index (χ1n) is 7.10. The van der Waals surface area contributed by atoms with Crippen molar-refractivity contribution in [3.63, 3.8) is 0 Å². The number of ketones is 1. The van der Waals surface area contributed by atoms with E-state index in [1.807, 2.05) is 6.92 Å². The number of esters is 1. The van der Waals surface area contributed by atoms with Crippen LogP contribution in [0.5, 0.6) is 0 Å². The summed E-state index contributed by atoms with van der Waals surface area (Å²) in [6, 6.07) is -0.240. The fraction of sp³-hybridized carbons (Fsp3) is 0.600. The normalized spacial score (nSPS) is 17.5. The number of ether oxygens (including phenoxy) is 2. The van der Waals surface area contributed by atoms with Gasteiger partial charge in [0, 0.05) is 18.8 Å². The van der Waals surface area contributed by atoms with Crippen molar-refractivity contribution in [1.29, 1.82) is 0 Å². The number of carbonyl (C=O) groups excluding carboxylic acids is 2. The number of nitrogens with one attached hydrogen (secondary N) is 1. The Kier molecular flexibility index (Phi) is 4.80. The van der Waals surface area contributed by atoms with Crippen LogP contribution in [0.15, 0.2) is 0 Å². The highest BCUT2D eigenvalue weighted by Crippen LogP contribution is 2.21. The topological polar surface area (TPSA) is 71.6 Å². The van der Waals surface area contributed by atoms with Crippen LogP contribution in [0.1, 0.15) is 39.0 Å². The van der Waals surface area contributed by atoms with Gasteiger partial charge in [0.25, 0.3) is 0 Å². The van der Waals surface area contributed by atoms with Gasteiger partial charge in [-0.05, 0) is 26.3 Å². The van der Waals surface area contributed by atoms with Crippen LogP contribution < -0.4 is 0 Å². The van der Waals surface area contributed by atoms with Gasteiger partial charge in [0.15, 0.2) is 5.78 Å². The average molecular weight is 294 g/mol. The maximum atomic E-state index is 12.7. The number of aryl methyl sites for hydroxylation is 1. The molecule has 1 fully saturated rings. The molecule has 116 valence electrons. The molecule has 0 aromatic carbocycles. The molecule has 2 rings (SSSR count). The fourth-order valence-electron chi connectivity index (χ4n) is 2.74. The van der Waals surface area contributed by atoms with Gasteiger partial charge in [-0.15, -0.1) is 0 Å². The first kappa shape index (κ1) is 15.7. The number of H-pyrrole nitrogens is 1. The number of hydrogen-bond donors (Lipinski definition) is 1. The summed E-state index contributed by atoms with van der Waals surface area (Å²) in [5.41, 5.74) is 2.27. The minimum absolute atomic E-state index is 0.00680. The van der Waals surface area contributed by atoms with Crippen molar-refractivity contribution >= 4 is 11.8 Å². The van der Waals surface area contributed by atoms with Gasteiger partial charge in [-0.3, -0.25) is 9.69 Å².